The van der Waals surface area contributed by atoms with Gasteiger partial charge in [0.2, 0.25) is 0 Å². The lowest BCUT2D eigenvalue weighted by Crippen LogP contribution is -2.06. The third-order valence-electron chi connectivity index (χ3n) is 2.65. The summed E-state index contributed by atoms with van der Waals surface area (Å²) in [5, 5.41) is 12.0. The summed E-state index contributed by atoms with van der Waals surface area (Å²) in [7, 11) is 1.30. The fraction of sp³-hybridized carbons (Fsp3) is 0.0769. The molecule has 0 aliphatic rings. The van der Waals surface area contributed by atoms with Gasteiger partial charge in [-0.25, -0.2) is 9.48 Å². The van der Waals surface area contributed by atoms with E-state index < -0.39 is 5.97 Å². The molecule has 0 radical (unpaired) electrons. The average Bonchev–Trinajstić information content (AvgIpc) is 3.16. The molecule has 0 aliphatic heterocycles. The summed E-state index contributed by atoms with van der Waals surface area (Å²) >= 11 is 0. The van der Waals surface area contributed by atoms with Crippen molar-refractivity contribution >= 4 is 5.97 Å². The molecule has 3 aromatic heterocycles. The molecule has 7 heteroatoms. The lowest BCUT2D eigenvalue weighted by atomic mass is 10.3. The number of methoxy groups -OCH3 is 1. The molecule has 0 aliphatic carbocycles. The van der Waals surface area contributed by atoms with Gasteiger partial charge in [-0.05, 0) is 24.3 Å². The van der Waals surface area contributed by atoms with Gasteiger partial charge in [-0.3, -0.25) is 0 Å². The highest BCUT2D eigenvalue weighted by Crippen LogP contribution is 2.23. The maximum atomic E-state index is 11.6. The Hall–Kier alpha value is -2.96. The van der Waals surface area contributed by atoms with Crippen molar-refractivity contribution in [3.05, 3.63) is 48.5 Å². The molecule has 0 saturated heterocycles. The summed E-state index contributed by atoms with van der Waals surface area (Å²) in [5.41, 5.74) is 0.764. The van der Waals surface area contributed by atoms with Crippen LogP contribution in [-0.2, 0) is 4.74 Å². The van der Waals surface area contributed by atoms with Gasteiger partial charge in [0, 0.05) is 12.3 Å². The third kappa shape index (κ3) is 2.05. The Labute approximate surface area is 113 Å². The zero-order chi connectivity index (χ0) is 13.9. The Balaban J connectivity index is 2.17. The minimum atomic E-state index is -0.527. The van der Waals surface area contributed by atoms with Crippen LogP contribution >= 0.6 is 0 Å². The minimum Gasteiger partial charge on any atom is -0.464 e. The molecule has 0 fully saturated rings. The van der Waals surface area contributed by atoms with Crippen LogP contribution in [0.4, 0.5) is 0 Å². The molecule has 3 heterocycles. The first kappa shape index (κ1) is 12.1. The van der Waals surface area contributed by atoms with Crippen LogP contribution in [0.25, 0.3) is 17.3 Å². The maximum absolute atomic E-state index is 11.6. The van der Waals surface area contributed by atoms with Crippen molar-refractivity contribution in [2.75, 3.05) is 7.11 Å². The summed E-state index contributed by atoms with van der Waals surface area (Å²) in [6.45, 7) is 0. The number of ether oxygens (including phenoxy) is 1. The number of rotatable bonds is 3. The smallest absolute Gasteiger partial charge is 0.358 e. The van der Waals surface area contributed by atoms with Gasteiger partial charge in [0.25, 0.3) is 0 Å². The Morgan fingerprint density at radius 1 is 1.35 bits per heavy atom. The average molecular weight is 270 g/mol. The lowest BCUT2D eigenvalue weighted by molar-refractivity contribution is 0.0593. The standard InChI is InChI=1S/C13H10N4O3/c1-19-13(18)9-8-10(11-4-3-7-20-11)17(16-9)12-5-2-6-14-15-12/h2-8H,1H3. The largest absolute Gasteiger partial charge is 0.464 e. The van der Waals surface area contributed by atoms with Crippen LogP contribution < -0.4 is 0 Å². The highest BCUT2D eigenvalue weighted by molar-refractivity contribution is 5.88. The van der Waals surface area contributed by atoms with Gasteiger partial charge in [0.05, 0.1) is 13.4 Å². The molecule has 3 aromatic rings. The monoisotopic (exact) mass is 270 g/mol. The molecule has 0 unspecified atom stereocenters. The van der Waals surface area contributed by atoms with Crippen molar-refractivity contribution < 1.29 is 13.9 Å². The van der Waals surface area contributed by atoms with E-state index in [9.17, 15) is 4.79 Å². The van der Waals surface area contributed by atoms with E-state index in [-0.39, 0.29) is 5.69 Å². The van der Waals surface area contributed by atoms with Gasteiger partial charge in [0.1, 0.15) is 5.69 Å². The van der Waals surface area contributed by atoms with Crippen LogP contribution in [0, 0.1) is 0 Å². The van der Waals surface area contributed by atoms with Crippen LogP contribution in [0.3, 0.4) is 0 Å². The first-order chi connectivity index (χ1) is 9.79. The van der Waals surface area contributed by atoms with Gasteiger partial charge >= 0.3 is 5.97 Å². The van der Waals surface area contributed by atoms with E-state index in [0.717, 1.165) is 0 Å². The van der Waals surface area contributed by atoms with Gasteiger partial charge in [-0.2, -0.15) is 10.2 Å². The van der Waals surface area contributed by atoms with Crippen molar-refractivity contribution in [1.29, 1.82) is 0 Å². The molecule has 3 rings (SSSR count). The van der Waals surface area contributed by atoms with Crippen molar-refractivity contribution in [2.24, 2.45) is 0 Å². The first-order valence-corrected chi connectivity index (χ1v) is 5.80. The molecule has 0 amide bonds. The molecule has 20 heavy (non-hydrogen) atoms. The van der Waals surface area contributed by atoms with Gasteiger partial charge in [-0.15, -0.1) is 5.10 Å². The topological polar surface area (TPSA) is 83.0 Å². The summed E-state index contributed by atoms with van der Waals surface area (Å²) in [6.07, 6.45) is 3.10. The summed E-state index contributed by atoms with van der Waals surface area (Å²) in [6, 6.07) is 8.56. The Kier molecular flexibility index (Phi) is 3.00. The molecule has 7 nitrogen and oxygen atoms in total. The van der Waals surface area contributed by atoms with Gasteiger partial charge < -0.3 is 9.15 Å². The minimum absolute atomic E-state index is 0.171. The van der Waals surface area contributed by atoms with E-state index in [1.807, 2.05) is 0 Å². The first-order valence-electron chi connectivity index (χ1n) is 5.80. The SMILES string of the molecule is COC(=O)c1cc(-c2ccco2)n(-c2cccnn2)n1. The number of nitrogens with zero attached hydrogens (tertiary/aromatic N) is 4. The van der Waals surface area contributed by atoms with Crippen LogP contribution in [0.2, 0.25) is 0 Å². The van der Waals surface area contributed by atoms with E-state index in [1.165, 1.54) is 11.8 Å². The van der Waals surface area contributed by atoms with E-state index in [1.54, 1.807) is 42.8 Å². The Bertz CT molecular complexity index is 719. The molecule has 0 N–H and O–H groups in total. The second-order valence-corrected chi connectivity index (χ2v) is 3.88. The second-order valence-electron chi connectivity index (χ2n) is 3.88. The van der Waals surface area contributed by atoms with Crippen molar-refractivity contribution in [2.45, 2.75) is 0 Å². The van der Waals surface area contributed by atoms with Gasteiger partial charge in [-0.1, -0.05) is 0 Å². The molecule has 0 saturated carbocycles. The third-order valence-corrected chi connectivity index (χ3v) is 2.65. The van der Waals surface area contributed by atoms with Crippen LogP contribution in [-0.4, -0.2) is 33.1 Å². The summed E-state index contributed by atoms with van der Waals surface area (Å²) < 4.78 is 11.5. The van der Waals surface area contributed by atoms with E-state index >= 15 is 0 Å². The van der Waals surface area contributed by atoms with Crippen molar-refractivity contribution in [1.82, 2.24) is 20.0 Å². The molecule has 0 atom stereocenters. The van der Waals surface area contributed by atoms with Crippen LogP contribution in [0.15, 0.2) is 47.2 Å². The number of hydrogen-bond acceptors (Lipinski definition) is 6. The Morgan fingerprint density at radius 2 is 2.25 bits per heavy atom. The molecular formula is C13H10N4O3. The highest BCUT2D eigenvalue weighted by atomic mass is 16.5. The van der Waals surface area contributed by atoms with E-state index in [0.29, 0.717) is 17.3 Å². The number of esters is 1. The fourth-order valence-corrected chi connectivity index (χ4v) is 1.77. The lowest BCUT2D eigenvalue weighted by Gasteiger charge is -2.02. The summed E-state index contributed by atoms with van der Waals surface area (Å²) in [5.74, 6) is 0.521. The second kappa shape index (κ2) is 4.96. The number of carbonyl (C=O) groups excluding carboxylic acids is 1. The zero-order valence-corrected chi connectivity index (χ0v) is 10.6. The molecule has 0 bridgehead atoms. The molecular weight excluding hydrogens is 260 g/mol. The van der Waals surface area contributed by atoms with Crippen molar-refractivity contribution in [3.8, 4) is 17.3 Å². The number of aromatic nitrogens is 4. The predicted molar refractivity (Wildman–Crippen MR) is 68.2 cm³/mol. The number of carbonyl (C=O) groups is 1. The molecule has 100 valence electrons. The van der Waals surface area contributed by atoms with E-state index in [2.05, 4.69) is 20.0 Å². The quantitative estimate of drug-likeness (QED) is 0.674. The molecule has 0 spiro atoms. The number of furan rings is 1. The normalized spacial score (nSPS) is 10.4. The van der Waals surface area contributed by atoms with Gasteiger partial charge in [0.15, 0.2) is 17.3 Å². The highest BCUT2D eigenvalue weighted by Gasteiger charge is 2.19. The predicted octanol–water partition coefficient (Wildman–Crippen LogP) is 1.71. The molecule has 0 aromatic carbocycles. The van der Waals surface area contributed by atoms with Crippen LogP contribution in [0.5, 0.6) is 0 Å². The number of hydrogen-bond donors (Lipinski definition) is 0. The fourth-order valence-electron chi connectivity index (χ4n) is 1.77. The summed E-state index contributed by atoms with van der Waals surface area (Å²) in [4.78, 5) is 11.6. The van der Waals surface area contributed by atoms with Crippen molar-refractivity contribution in [3.63, 3.8) is 0 Å². The maximum Gasteiger partial charge on any atom is 0.358 e. The zero-order valence-electron chi connectivity index (χ0n) is 10.6. The van der Waals surface area contributed by atoms with Crippen LogP contribution in [0.1, 0.15) is 10.5 Å². The van der Waals surface area contributed by atoms with E-state index in [4.69, 9.17) is 4.42 Å². The Morgan fingerprint density at radius 3 is 2.90 bits per heavy atom.